The van der Waals surface area contributed by atoms with Crippen molar-refractivity contribution in [2.45, 2.75) is 91.2 Å². The van der Waals surface area contributed by atoms with Crippen molar-refractivity contribution < 1.29 is 89.6 Å². The molecule has 2 aliphatic rings. The number of aryl methyl sites for hydroxylation is 3. The average Bonchev–Trinajstić information content (AvgIpc) is 1.45. The molecule has 1 fully saturated rings. The van der Waals surface area contributed by atoms with Gasteiger partial charge in [-0.1, -0.05) is 54.5 Å². The number of phosphoric acid groups is 3. The van der Waals surface area contributed by atoms with Crippen LogP contribution in [-0.2, 0) is 54.0 Å². The fourth-order valence-electron chi connectivity index (χ4n) is 9.22. The average molecular weight is 1230 g/mol. The van der Waals surface area contributed by atoms with E-state index >= 15 is 0 Å². The molecule has 1 saturated heterocycles. The highest BCUT2D eigenvalue weighted by atomic mass is 31.3. The molecule has 2 unspecified atom stereocenters. The number of aromatic amines is 1. The third-order valence-electron chi connectivity index (χ3n) is 13.0. The third-order valence-corrected chi connectivity index (χ3v) is 16.8. The summed E-state index contributed by atoms with van der Waals surface area (Å²) in [5, 5.41) is 19.0. The summed E-state index contributed by atoms with van der Waals surface area (Å²) in [6, 6.07) is 16.7. The lowest BCUT2D eigenvalue weighted by Crippen LogP contribution is -2.33. The molecule has 29 nitrogen and oxygen atoms in total. The predicted octanol–water partition coefficient (Wildman–Crippen LogP) is 7.69. The van der Waals surface area contributed by atoms with Crippen LogP contribution >= 0.6 is 23.5 Å². The fourth-order valence-corrected chi connectivity index (χ4v) is 12.3. The molecule has 0 bridgehead atoms. The maximum atomic E-state index is 13.9. The number of carbonyl (C=O) groups is 3. The minimum absolute atomic E-state index is 0.00740. The normalized spacial score (nSPS) is 16.9. The molecule has 4 aromatic carbocycles. The van der Waals surface area contributed by atoms with Crippen LogP contribution in [0, 0.1) is 25.7 Å². The van der Waals surface area contributed by atoms with Gasteiger partial charge >= 0.3 is 41.1 Å². The van der Waals surface area contributed by atoms with Gasteiger partial charge in [0.1, 0.15) is 41.9 Å². The Bertz CT molecular complexity index is 4030. The number of phosphoric ester groups is 1. The number of benzene rings is 4. The molecule has 3 heterocycles. The third kappa shape index (κ3) is 16.9. The van der Waals surface area contributed by atoms with Crippen molar-refractivity contribution >= 4 is 52.8 Å². The van der Waals surface area contributed by atoms with Gasteiger partial charge in [-0.05, 0) is 132 Å². The zero-order chi connectivity index (χ0) is 61.8. The van der Waals surface area contributed by atoms with Gasteiger partial charge in [-0.25, -0.2) is 28.1 Å². The van der Waals surface area contributed by atoms with E-state index in [0.717, 1.165) is 51.9 Å². The minimum atomic E-state index is -5.88. The van der Waals surface area contributed by atoms with Gasteiger partial charge in [0.2, 0.25) is 0 Å². The molecule has 0 aliphatic carbocycles. The number of carboxylic acids is 1. The molecule has 7 rings (SSSR count). The van der Waals surface area contributed by atoms with Crippen molar-refractivity contribution in [2.75, 3.05) is 26.6 Å². The van der Waals surface area contributed by atoms with E-state index in [1.165, 1.54) is 30.3 Å². The van der Waals surface area contributed by atoms with E-state index in [1.807, 2.05) is 50.0 Å². The molecule has 5 aromatic rings. The summed E-state index contributed by atoms with van der Waals surface area (Å²) in [7, 11) is -17.2. The molecule has 1 aromatic heterocycles. The molecule has 448 valence electrons. The number of rotatable bonds is 26. The quantitative estimate of drug-likeness (QED) is 0.00443. The predicted molar refractivity (Wildman–Crippen MR) is 300 cm³/mol. The number of Topliss-reactive ketones (excluding diaryl/α,β-unsaturated/α-hetero) is 1. The Hall–Kier alpha value is -7.98. The molecular weight excluding hydrogens is 1180 g/mol. The maximum absolute atomic E-state index is 13.9. The smallest absolute Gasteiger partial charge is 0.490 e. The van der Waals surface area contributed by atoms with Crippen LogP contribution in [0.4, 0.5) is 0 Å². The summed E-state index contributed by atoms with van der Waals surface area (Å²) in [5.74, 6) is 3.98. The lowest BCUT2D eigenvalue weighted by molar-refractivity contribution is -0.0601. The molecule has 32 heteroatoms. The van der Waals surface area contributed by atoms with E-state index in [4.69, 9.17) is 44.5 Å². The van der Waals surface area contributed by atoms with Crippen molar-refractivity contribution in [1.82, 2.24) is 9.55 Å². The molecule has 6 N–H and O–H groups in total. The number of hydrogen-bond donors (Lipinski definition) is 6. The highest BCUT2D eigenvalue weighted by Gasteiger charge is 2.44. The lowest BCUT2D eigenvalue weighted by Gasteiger charge is -2.24. The summed E-state index contributed by atoms with van der Waals surface area (Å²) >= 11 is 0. The van der Waals surface area contributed by atoms with Crippen LogP contribution in [0.3, 0.4) is 0 Å². The van der Waals surface area contributed by atoms with Crippen LogP contribution in [0.2, 0.25) is 0 Å². The minimum Gasteiger partial charge on any atom is -0.494 e. The Kier molecular flexibility index (Phi) is 21.5. The molecular formula is C53H55N8O21P3. The van der Waals surface area contributed by atoms with Gasteiger partial charge in [0.15, 0.2) is 12.4 Å². The van der Waals surface area contributed by atoms with Crippen molar-refractivity contribution in [1.29, 1.82) is 0 Å². The lowest BCUT2D eigenvalue weighted by atomic mass is 9.85. The number of ketones is 1. The Balaban J connectivity index is 1.01. The number of fused-ring (bicyclic) bond motifs is 2. The van der Waals surface area contributed by atoms with Crippen LogP contribution in [0.25, 0.3) is 32.5 Å². The second-order valence-electron chi connectivity index (χ2n) is 18.9. The number of aromatic carboxylic acids is 1. The number of carboxylic acid groups (broad SMARTS) is 1. The first-order valence-corrected chi connectivity index (χ1v) is 30.3. The molecule has 0 amide bonds. The van der Waals surface area contributed by atoms with Gasteiger partial charge < -0.3 is 48.4 Å². The highest BCUT2D eigenvalue weighted by Crippen LogP contribution is 2.66. The Morgan fingerprint density at radius 2 is 1.65 bits per heavy atom. The summed E-state index contributed by atoms with van der Waals surface area (Å²) < 4.78 is 77.0. The van der Waals surface area contributed by atoms with Crippen molar-refractivity contribution in [3.8, 4) is 29.1 Å². The summed E-state index contributed by atoms with van der Waals surface area (Å²) in [6.45, 7) is 5.56. The van der Waals surface area contributed by atoms with Crippen molar-refractivity contribution in [3.05, 3.63) is 175 Å². The Morgan fingerprint density at radius 3 is 2.35 bits per heavy atom. The molecule has 2 aliphatic heterocycles. The second kappa shape index (κ2) is 28.3. The van der Waals surface area contributed by atoms with Gasteiger partial charge in [0.05, 0.1) is 37.0 Å². The second-order valence-corrected chi connectivity index (χ2v) is 23.3. The number of H-pyrrole nitrogens is 1. The topological polar surface area (TPSA) is 430 Å². The Morgan fingerprint density at radius 1 is 0.894 bits per heavy atom. The van der Waals surface area contributed by atoms with Crippen molar-refractivity contribution in [2.24, 2.45) is 10.2 Å². The van der Waals surface area contributed by atoms with E-state index in [-0.39, 0.29) is 71.8 Å². The zero-order valence-corrected chi connectivity index (χ0v) is 48.4. The van der Waals surface area contributed by atoms with Crippen LogP contribution in [-0.4, -0.2) is 90.7 Å². The van der Waals surface area contributed by atoms with Crippen molar-refractivity contribution in [3.63, 3.8) is 0 Å². The molecule has 0 saturated carbocycles. The summed E-state index contributed by atoms with van der Waals surface area (Å²) in [5.41, 5.74) is 20.7. The zero-order valence-electron chi connectivity index (χ0n) is 45.7. The molecule has 5 atom stereocenters. The highest BCUT2D eigenvalue weighted by molar-refractivity contribution is 7.66. The maximum Gasteiger partial charge on any atom is 0.490 e. The van der Waals surface area contributed by atoms with E-state index < -0.39 is 85.0 Å². The van der Waals surface area contributed by atoms with E-state index in [2.05, 4.69) is 58.0 Å². The first-order valence-electron chi connectivity index (χ1n) is 25.8. The molecule has 0 spiro atoms. The first kappa shape index (κ1) is 64.6. The van der Waals surface area contributed by atoms with Crippen LogP contribution in [0.15, 0.2) is 86.7 Å². The Labute approximate surface area is 482 Å². The number of azide groups is 2. The number of nitrogens with one attached hydrogen (secondary N) is 1. The van der Waals surface area contributed by atoms with Gasteiger partial charge in [-0.15, -0.1) is 0 Å². The molecule has 85 heavy (non-hydrogen) atoms. The van der Waals surface area contributed by atoms with Crippen LogP contribution in [0.1, 0.15) is 122 Å². The van der Waals surface area contributed by atoms with Gasteiger partial charge in [-0.3, -0.25) is 23.7 Å². The van der Waals surface area contributed by atoms with E-state index in [0.29, 0.717) is 33.4 Å². The van der Waals surface area contributed by atoms with Gasteiger partial charge in [0.25, 0.3) is 5.56 Å². The van der Waals surface area contributed by atoms with Crippen LogP contribution < -0.4 is 31.2 Å². The van der Waals surface area contributed by atoms with E-state index in [9.17, 15) is 52.6 Å². The number of esters is 1. The number of hydrogen-bond acceptors (Lipinski definition) is 18. The SMILES string of the molecule is CC/C=c1/cc2c(cc1C)=C(c1cc(C(=O)CCCOc3ccc(C(=O)OCC#Cc4cn([C@H]5C[C@@H](OCN=[N+]=[N-])[C@@H](COP(=O)(O)OP(=O)(O)OP(=O)(O)O)O5)c(=O)[nH]c4=O)c(CN=[N+]=[N-])c3)ccc1C(=O)O)c1cc(C)c(CCC)cc1O2. The van der Waals surface area contributed by atoms with E-state index in [1.54, 1.807) is 6.07 Å². The summed E-state index contributed by atoms with van der Waals surface area (Å²) in [6.07, 6.45) is 1.50. The summed E-state index contributed by atoms with van der Waals surface area (Å²) in [4.78, 5) is 110. The van der Waals surface area contributed by atoms with Gasteiger partial charge in [0, 0.05) is 50.8 Å². The van der Waals surface area contributed by atoms with Gasteiger partial charge in [-0.2, -0.15) is 8.62 Å². The number of aromatic nitrogens is 2. The van der Waals surface area contributed by atoms with Crippen LogP contribution in [0.5, 0.6) is 17.2 Å². The standard InChI is InChI=1S/C53H55N8O21P3/c1-5-9-32-23-44-41(19-30(32)3)49(42-20-31(4)33(10-6-2)24-45(42)79-44)40-22-34(13-15-39(40)51(64)65)43(62)12-8-17-75-37-14-16-38(36(21-37)26-56-59-54)52(66)76-18-7-11-35-27-61(53(67)58-50(35)63)48-25-46(77-29-57-60-55)47(80-48)28-78-84(71,72)82-85(73,74)81-83(68,69)70/h9,13-16,19-24,27,46-48H,5-6,8,10,12,17-18,25-26,28-29H2,1-4H3,(H,64,65)(H,71,72)(H,73,74)(H,58,63,67)(H2,68,69,70)/b32-9-/t46-,47-,48-/m1/s1. The number of carbonyl (C=O) groups excluding carboxylic acids is 2. The number of nitrogens with zero attached hydrogens (tertiary/aromatic N) is 7. The largest absolute Gasteiger partial charge is 0.494 e. The number of ether oxygens (including phenoxy) is 5. The molecule has 0 radical (unpaired) electrons. The first-order chi connectivity index (χ1) is 40.3. The fraction of sp³-hybridized carbons (Fsp3) is 0.340. The monoisotopic (exact) mass is 1230 g/mol.